The van der Waals surface area contributed by atoms with Gasteiger partial charge in [0.05, 0.1) is 0 Å². The molecule has 0 aliphatic carbocycles. The van der Waals surface area contributed by atoms with Crippen molar-refractivity contribution in [1.29, 1.82) is 0 Å². The van der Waals surface area contributed by atoms with E-state index in [0.29, 0.717) is 10.6 Å². The Balaban J connectivity index is 2.79. The summed E-state index contributed by atoms with van der Waals surface area (Å²) in [5.74, 6) is -1.01. The van der Waals surface area contributed by atoms with E-state index in [9.17, 15) is 9.90 Å². The van der Waals surface area contributed by atoms with Crippen LogP contribution >= 0.6 is 11.6 Å². The van der Waals surface area contributed by atoms with E-state index in [2.05, 4.69) is 13.0 Å². The van der Waals surface area contributed by atoms with Crippen LogP contribution in [0.2, 0.25) is 5.02 Å². The molecule has 0 aromatic heterocycles. The minimum Gasteiger partial charge on any atom is -0.478 e. The van der Waals surface area contributed by atoms with Gasteiger partial charge in [-0.1, -0.05) is 73.0 Å². The molecular weight excluding hydrogens is 368 g/mol. The largest absolute Gasteiger partial charge is 0.478 e. The Labute approximate surface area is 173 Å². The molecule has 0 fully saturated rings. The van der Waals surface area contributed by atoms with Crippen LogP contribution in [0, 0.1) is 19.8 Å². The van der Waals surface area contributed by atoms with Crippen LogP contribution in [0.4, 0.5) is 0 Å². The van der Waals surface area contributed by atoms with Gasteiger partial charge in [-0.05, 0) is 73.9 Å². The molecule has 2 aromatic carbocycles. The Bertz CT molecular complexity index is 905. The number of aryl methyl sites for hydroxylation is 2. The lowest BCUT2D eigenvalue weighted by atomic mass is 9.82. The molecule has 3 heteroatoms. The van der Waals surface area contributed by atoms with Gasteiger partial charge in [0.2, 0.25) is 0 Å². The van der Waals surface area contributed by atoms with Crippen LogP contribution in [-0.4, -0.2) is 11.1 Å². The van der Waals surface area contributed by atoms with Crippen LogP contribution in [0.3, 0.4) is 0 Å². The van der Waals surface area contributed by atoms with E-state index in [0.717, 1.165) is 40.7 Å². The Morgan fingerprint density at radius 2 is 1.79 bits per heavy atom. The van der Waals surface area contributed by atoms with Gasteiger partial charge >= 0.3 is 5.97 Å². The summed E-state index contributed by atoms with van der Waals surface area (Å²) < 4.78 is 0. The van der Waals surface area contributed by atoms with Gasteiger partial charge in [-0.25, -0.2) is 4.79 Å². The molecule has 28 heavy (non-hydrogen) atoms. The molecule has 0 bridgehead atoms. The summed E-state index contributed by atoms with van der Waals surface area (Å²) in [6.45, 7) is 10.1. The van der Waals surface area contributed by atoms with Gasteiger partial charge in [0, 0.05) is 10.6 Å². The lowest BCUT2D eigenvalue weighted by Crippen LogP contribution is -2.14. The number of aliphatic carboxylic acids is 1. The molecule has 2 aromatic rings. The number of carbonyl (C=O) groups is 1. The zero-order valence-electron chi connectivity index (χ0n) is 17.3. The molecular formula is C25H29ClO2. The molecule has 0 aliphatic rings. The molecule has 1 atom stereocenters. The van der Waals surface area contributed by atoms with Crippen molar-refractivity contribution in [3.05, 3.63) is 87.0 Å². The van der Waals surface area contributed by atoms with E-state index in [1.54, 1.807) is 0 Å². The second kappa shape index (κ2) is 9.75. The Morgan fingerprint density at radius 1 is 1.14 bits per heavy atom. The topological polar surface area (TPSA) is 37.3 Å². The minimum absolute atomic E-state index is 0.127. The van der Waals surface area contributed by atoms with Crippen LogP contribution < -0.4 is 0 Å². The number of hydrogen-bond donors (Lipinski definition) is 1. The monoisotopic (exact) mass is 396 g/mol. The maximum Gasteiger partial charge on any atom is 0.332 e. The smallest absolute Gasteiger partial charge is 0.332 e. The summed E-state index contributed by atoms with van der Waals surface area (Å²) in [5.41, 5.74) is 6.37. The van der Waals surface area contributed by atoms with Crippen LogP contribution in [0.5, 0.6) is 0 Å². The summed E-state index contributed by atoms with van der Waals surface area (Å²) in [5, 5.41) is 10.8. The van der Waals surface area contributed by atoms with E-state index >= 15 is 0 Å². The summed E-state index contributed by atoms with van der Waals surface area (Å²) in [7, 11) is 0. The van der Waals surface area contributed by atoms with E-state index in [1.807, 2.05) is 70.2 Å². The number of halogens is 1. The quantitative estimate of drug-likeness (QED) is 0.396. The number of benzene rings is 2. The molecule has 2 rings (SSSR count). The summed E-state index contributed by atoms with van der Waals surface area (Å²) in [6, 6.07) is 13.7. The maximum absolute atomic E-state index is 12.4. The molecule has 1 N–H and O–H groups in total. The van der Waals surface area contributed by atoms with Gasteiger partial charge in [0.15, 0.2) is 0 Å². The molecule has 0 amide bonds. The standard InChI is InChI=1S/C25H29ClO2/c1-6-19(7-2)14-18(5)23(25(27)28)24(20-11-8-16(3)9-12-20)22-15-21(26)13-10-17(22)4/h6,8-13,15,18H,7,14H2,1-5H3,(H,27,28)/b19-6+,24-23+. The van der Waals surface area contributed by atoms with Crippen LogP contribution in [0.1, 0.15) is 55.9 Å². The molecule has 0 saturated heterocycles. The van der Waals surface area contributed by atoms with Crippen molar-refractivity contribution < 1.29 is 9.90 Å². The van der Waals surface area contributed by atoms with Crippen LogP contribution in [0.25, 0.3) is 5.57 Å². The fourth-order valence-corrected chi connectivity index (χ4v) is 3.74. The van der Waals surface area contributed by atoms with E-state index < -0.39 is 5.97 Å². The van der Waals surface area contributed by atoms with Crippen molar-refractivity contribution in [2.24, 2.45) is 5.92 Å². The van der Waals surface area contributed by atoms with Crippen molar-refractivity contribution in [1.82, 2.24) is 0 Å². The second-order valence-electron chi connectivity index (χ2n) is 7.32. The highest BCUT2D eigenvalue weighted by Crippen LogP contribution is 2.36. The van der Waals surface area contributed by atoms with Gasteiger partial charge in [0.25, 0.3) is 0 Å². The first-order valence-corrected chi connectivity index (χ1v) is 10.1. The van der Waals surface area contributed by atoms with Crippen molar-refractivity contribution in [3.63, 3.8) is 0 Å². The first-order valence-electron chi connectivity index (χ1n) is 9.73. The summed E-state index contributed by atoms with van der Waals surface area (Å²) in [6.07, 6.45) is 3.74. The summed E-state index contributed by atoms with van der Waals surface area (Å²) in [4.78, 5) is 12.4. The molecule has 0 radical (unpaired) electrons. The van der Waals surface area contributed by atoms with E-state index in [-0.39, 0.29) is 5.92 Å². The van der Waals surface area contributed by atoms with Gasteiger partial charge in [-0.2, -0.15) is 0 Å². The van der Waals surface area contributed by atoms with Crippen LogP contribution in [-0.2, 0) is 4.79 Å². The lowest BCUT2D eigenvalue weighted by molar-refractivity contribution is -0.133. The molecule has 2 nitrogen and oxygen atoms in total. The molecule has 0 spiro atoms. The molecule has 0 saturated carbocycles. The third-order valence-corrected chi connectivity index (χ3v) is 5.47. The highest BCUT2D eigenvalue weighted by atomic mass is 35.5. The van der Waals surface area contributed by atoms with Gasteiger partial charge < -0.3 is 5.11 Å². The zero-order chi connectivity index (χ0) is 20.8. The predicted octanol–water partition coefficient (Wildman–Crippen LogP) is 7.23. The Kier molecular flexibility index (Phi) is 7.65. The third kappa shape index (κ3) is 5.14. The van der Waals surface area contributed by atoms with Crippen molar-refractivity contribution in [2.75, 3.05) is 0 Å². The average molecular weight is 397 g/mol. The fourth-order valence-electron chi connectivity index (χ4n) is 3.57. The lowest BCUT2D eigenvalue weighted by Gasteiger charge is -2.21. The van der Waals surface area contributed by atoms with Crippen molar-refractivity contribution in [2.45, 2.75) is 47.5 Å². The fraction of sp³-hybridized carbons (Fsp3) is 0.320. The third-order valence-electron chi connectivity index (χ3n) is 5.23. The van der Waals surface area contributed by atoms with E-state index in [4.69, 9.17) is 11.6 Å². The first-order chi connectivity index (χ1) is 13.3. The van der Waals surface area contributed by atoms with Crippen molar-refractivity contribution >= 4 is 23.1 Å². The second-order valence-corrected chi connectivity index (χ2v) is 7.76. The summed E-state index contributed by atoms with van der Waals surface area (Å²) >= 11 is 6.29. The Morgan fingerprint density at radius 3 is 2.32 bits per heavy atom. The molecule has 148 valence electrons. The Hall–Kier alpha value is -2.32. The molecule has 1 unspecified atom stereocenters. The number of hydrogen-bond acceptors (Lipinski definition) is 1. The minimum atomic E-state index is -0.881. The zero-order valence-corrected chi connectivity index (χ0v) is 18.1. The molecule has 0 aliphatic heterocycles. The predicted molar refractivity (Wildman–Crippen MR) is 119 cm³/mol. The normalized spacial score (nSPS) is 13.9. The number of carboxylic acids is 1. The van der Waals surface area contributed by atoms with Gasteiger partial charge in [0.1, 0.15) is 0 Å². The van der Waals surface area contributed by atoms with Crippen LogP contribution in [0.15, 0.2) is 59.7 Å². The number of rotatable bonds is 7. The van der Waals surface area contributed by atoms with Gasteiger partial charge in [-0.15, -0.1) is 0 Å². The van der Waals surface area contributed by atoms with E-state index in [1.165, 1.54) is 5.57 Å². The molecule has 0 heterocycles. The SMILES string of the molecule is C/C=C(\CC)CC(C)/C(C(=O)O)=C(/c1ccc(C)cc1)c1cc(Cl)ccc1C. The average Bonchev–Trinajstić information content (AvgIpc) is 2.66. The van der Waals surface area contributed by atoms with Gasteiger partial charge in [-0.3, -0.25) is 0 Å². The number of allylic oxidation sites excluding steroid dienone is 2. The first kappa shape index (κ1) is 22.0. The van der Waals surface area contributed by atoms with Crippen molar-refractivity contribution in [3.8, 4) is 0 Å². The number of carboxylic acid groups (broad SMARTS) is 1. The highest BCUT2D eigenvalue weighted by Gasteiger charge is 2.25. The maximum atomic E-state index is 12.4. The highest BCUT2D eigenvalue weighted by molar-refractivity contribution is 6.30.